The van der Waals surface area contributed by atoms with Crippen LogP contribution in [0.1, 0.15) is 0 Å². The Hall–Kier alpha value is -1.48. The highest BCUT2D eigenvalue weighted by molar-refractivity contribution is 5.03. The highest BCUT2D eigenvalue weighted by Crippen LogP contribution is 2.12. The number of rotatable bonds is 2. The third-order valence-electron chi connectivity index (χ3n) is 2.30. The number of nitrogens with zero attached hydrogens (tertiary/aromatic N) is 1. The fourth-order valence-corrected chi connectivity index (χ4v) is 1.30. The van der Waals surface area contributed by atoms with Crippen molar-refractivity contribution in [2.45, 2.75) is 18.3 Å². The average Bonchev–Trinajstić information content (AvgIpc) is 2.70. The number of aromatic amines is 1. The minimum absolute atomic E-state index is 0.117. The molecule has 2 heterocycles. The lowest BCUT2D eigenvalue weighted by Crippen LogP contribution is -2.31. The molecule has 1 aliphatic heterocycles. The van der Waals surface area contributed by atoms with Gasteiger partial charge >= 0.3 is 5.69 Å². The fraction of sp³-hybridized carbons (Fsp3) is 0.600. The maximum atomic E-state index is 10.4. The average molecular weight is 260 g/mol. The lowest BCUT2D eigenvalue weighted by atomic mass is 10.2. The minimum atomic E-state index is -0.921. The standard InChI is InChI=1S/C5H6N2O2.C5H10O4/c1-9-4-2-3-6-5(8)7-4;6-1-4-5(8)3(7)2-9-4/h2-3H,1H3,(H,6,7,8);3-8H,1-2H2/t;3-,4+,5-/m.0/s1. The molecule has 0 aromatic carbocycles. The van der Waals surface area contributed by atoms with Gasteiger partial charge in [-0.2, -0.15) is 0 Å². The number of nitrogens with one attached hydrogen (secondary N) is 1. The highest BCUT2D eigenvalue weighted by atomic mass is 16.5. The van der Waals surface area contributed by atoms with E-state index in [1.165, 1.54) is 13.3 Å². The molecule has 2 rings (SSSR count). The van der Waals surface area contributed by atoms with Crippen molar-refractivity contribution in [2.24, 2.45) is 0 Å². The molecule has 1 aromatic heterocycles. The van der Waals surface area contributed by atoms with Crippen LogP contribution in [0, 0.1) is 0 Å². The van der Waals surface area contributed by atoms with E-state index in [4.69, 9.17) is 24.8 Å². The summed E-state index contributed by atoms with van der Waals surface area (Å²) in [6.07, 6.45) is -0.963. The van der Waals surface area contributed by atoms with E-state index in [1.807, 2.05) is 0 Å². The molecule has 1 aromatic rings. The SMILES string of the molecule is COc1ccnc(=O)[nH]1.OC[C@H]1OC[C@H](O)[C@@H]1O. The topological polar surface area (TPSA) is 125 Å². The molecule has 0 spiro atoms. The second kappa shape index (κ2) is 7.07. The van der Waals surface area contributed by atoms with Crippen LogP contribution in [0.4, 0.5) is 0 Å². The van der Waals surface area contributed by atoms with Crippen molar-refractivity contribution in [2.75, 3.05) is 20.3 Å². The first kappa shape index (κ1) is 14.6. The highest BCUT2D eigenvalue weighted by Gasteiger charge is 2.33. The molecule has 0 bridgehead atoms. The first-order chi connectivity index (χ1) is 8.58. The van der Waals surface area contributed by atoms with Gasteiger partial charge in [-0.15, -0.1) is 0 Å². The van der Waals surface area contributed by atoms with Crippen LogP contribution in [0.25, 0.3) is 0 Å². The summed E-state index contributed by atoms with van der Waals surface area (Å²) in [6.45, 7) is -0.120. The minimum Gasteiger partial charge on any atom is -0.482 e. The van der Waals surface area contributed by atoms with E-state index in [1.54, 1.807) is 6.07 Å². The lowest BCUT2D eigenvalue weighted by Gasteiger charge is -2.10. The van der Waals surface area contributed by atoms with Gasteiger partial charge in [0.1, 0.15) is 18.3 Å². The third kappa shape index (κ3) is 4.08. The molecule has 18 heavy (non-hydrogen) atoms. The van der Waals surface area contributed by atoms with E-state index >= 15 is 0 Å². The first-order valence-corrected chi connectivity index (χ1v) is 5.26. The second-order valence-electron chi connectivity index (χ2n) is 3.56. The molecule has 1 aliphatic rings. The zero-order chi connectivity index (χ0) is 13.5. The Balaban J connectivity index is 0.000000180. The summed E-state index contributed by atoms with van der Waals surface area (Å²) in [5, 5.41) is 26.2. The number of aliphatic hydroxyl groups excluding tert-OH is 3. The van der Waals surface area contributed by atoms with Crippen LogP contribution in [-0.2, 0) is 4.74 Å². The van der Waals surface area contributed by atoms with Gasteiger partial charge in [0.25, 0.3) is 0 Å². The van der Waals surface area contributed by atoms with E-state index in [2.05, 4.69) is 9.97 Å². The van der Waals surface area contributed by atoms with Gasteiger partial charge in [0.05, 0.1) is 20.3 Å². The molecule has 0 aliphatic carbocycles. The van der Waals surface area contributed by atoms with Gasteiger partial charge in [-0.25, -0.2) is 9.78 Å². The van der Waals surface area contributed by atoms with Crippen LogP contribution in [0.15, 0.2) is 17.1 Å². The number of methoxy groups -OCH3 is 1. The Labute approximate surface area is 103 Å². The predicted octanol–water partition coefficient (Wildman–Crippen LogP) is -2.12. The zero-order valence-electron chi connectivity index (χ0n) is 9.81. The summed E-state index contributed by atoms with van der Waals surface area (Å²) >= 11 is 0. The molecule has 1 fully saturated rings. The lowest BCUT2D eigenvalue weighted by molar-refractivity contribution is -0.00588. The molecule has 0 unspecified atom stereocenters. The van der Waals surface area contributed by atoms with Gasteiger partial charge in [-0.05, 0) is 0 Å². The number of aliphatic hydroxyl groups is 3. The van der Waals surface area contributed by atoms with Crippen LogP contribution in [-0.4, -0.2) is 63.9 Å². The Morgan fingerprint density at radius 1 is 1.61 bits per heavy atom. The molecule has 8 heteroatoms. The van der Waals surface area contributed by atoms with E-state index in [0.29, 0.717) is 5.88 Å². The van der Waals surface area contributed by atoms with E-state index in [0.717, 1.165) is 0 Å². The normalized spacial score (nSPS) is 26.3. The monoisotopic (exact) mass is 260 g/mol. The molecule has 3 atom stereocenters. The zero-order valence-corrected chi connectivity index (χ0v) is 9.81. The Morgan fingerprint density at radius 2 is 2.33 bits per heavy atom. The van der Waals surface area contributed by atoms with E-state index in [-0.39, 0.29) is 13.2 Å². The molecule has 102 valence electrons. The molecule has 8 nitrogen and oxygen atoms in total. The summed E-state index contributed by atoms with van der Waals surface area (Å²) in [4.78, 5) is 16.2. The van der Waals surface area contributed by atoms with Gasteiger partial charge in [-0.3, -0.25) is 4.98 Å². The molecular weight excluding hydrogens is 244 g/mol. The number of ether oxygens (including phenoxy) is 2. The number of hydrogen-bond donors (Lipinski definition) is 4. The summed E-state index contributed by atoms with van der Waals surface area (Å²) < 4.78 is 9.48. The van der Waals surface area contributed by atoms with E-state index < -0.39 is 24.0 Å². The summed E-state index contributed by atoms with van der Waals surface area (Å²) in [5.74, 6) is 0.426. The van der Waals surface area contributed by atoms with Gasteiger partial charge in [-0.1, -0.05) is 0 Å². The fourth-order valence-electron chi connectivity index (χ4n) is 1.30. The number of hydrogen-bond acceptors (Lipinski definition) is 7. The van der Waals surface area contributed by atoms with Crippen LogP contribution in [0.3, 0.4) is 0 Å². The predicted molar refractivity (Wildman–Crippen MR) is 60.2 cm³/mol. The van der Waals surface area contributed by atoms with Crippen LogP contribution >= 0.6 is 0 Å². The van der Waals surface area contributed by atoms with Crippen molar-refractivity contribution in [1.82, 2.24) is 9.97 Å². The van der Waals surface area contributed by atoms with Crippen molar-refractivity contribution in [3.63, 3.8) is 0 Å². The molecule has 0 radical (unpaired) electrons. The maximum Gasteiger partial charge on any atom is 0.347 e. The van der Waals surface area contributed by atoms with Crippen molar-refractivity contribution < 1.29 is 24.8 Å². The first-order valence-electron chi connectivity index (χ1n) is 5.26. The molecule has 0 saturated carbocycles. The van der Waals surface area contributed by atoms with Gasteiger partial charge in [0, 0.05) is 12.3 Å². The van der Waals surface area contributed by atoms with Gasteiger partial charge in [0.15, 0.2) is 5.88 Å². The van der Waals surface area contributed by atoms with E-state index in [9.17, 15) is 4.79 Å². The third-order valence-corrected chi connectivity index (χ3v) is 2.30. The van der Waals surface area contributed by atoms with Crippen molar-refractivity contribution in [1.29, 1.82) is 0 Å². The van der Waals surface area contributed by atoms with Crippen LogP contribution in [0.2, 0.25) is 0 Å². The molecular formula is C10H16N2O6. The largest absolute Gasteiger partial charge is 0.482 e. The molecule has 1 saturated heterocycles. The van der Waals surface area contributed by atoms with Gasteiger partial charge in [0.2, 0.25) is 0 Å². The van der Waals surface area contributed by atoms with Gasteiger partial charge < -0.3 is 24.8 Å². The maximum absolute atomic E-state index is 10.4. The smallest absolute Gasteiger partial charge is 0.347 e. The second-order valence-corrected chi connectivity index (χ2v) is 3.56. The molecule has 4 N–H and O–H groups in total. The quantitative estimate of drug-likeness (QED) is 0.479. The summed E-state index contributed by atoms with van der Waals surface area (Å²) in [6, 6.07) is 1.57. The van der Waals surface area contributed by atoms with Crippen LogP contribution < -0.4 is 10.4 Å². The van der Waals surface area contributed by atoms with Crippen molar-refractivity contribution in [3.8, 4) is 5.88 Å². The number of H-pyrrole nitrogens is 1. The van der Waals surface area contributed by atoms with Crippen LogP contribution in [0.5, 0.6) is 5.88 Å². The molecule has 0 amide bonds. The van der Waals surface area contributed by atoms with Crippen molar-refractivity contribution >= 4 is 0 Å². The Bertz CT molecular complexity index is 409. The Kier molecular flexibility index (Phi) is 5.72. The summed E-state index contributed by atoms with van der Waals surface area (Å²) in [7, 11) is 1.48. The summed E-state index contributed by atoms with van der Waals surface area (Å²) in [5.41, 5.74) is -0.394. The van der Waals surface area contributed by atoms with Crippen molar-refractivity contribution in [3.05, 3.63) is 22.7 Å². The number of aromatic nitrogens is 2. The Morgan fingerprint density at radius 3 is 2.67 bits per heavy atom.